The lowest BCUT2D eigenvalue weighted by atomic mass is 9.39. The molecule has 2 saturated carbocycles. The van der Waals surface area contributed by atoms with Crippen molar-refractivity contribution in [3.63, 3.8) is 0 Å². The predicted octanol–water partition coefficient (Wildman–Crippen LogP) is 2.53. The number of carbonyl (C=O) groups excluding carboxylic acids is 2. The van der Waals surface area contributed by atoms with Crippen LogP contribution in [0.4, 0.5) is 0 Å². The molecule has 0 heterocycles. The summed E-state index contributed by atoms with van der Waals surface area (Å²) in [5.41, 5.74) is -0.902. The molecular formula is C20H22Cl2O4. The van der Waals surface area contributed by atoms with Gasteiger partial charge in [-0.3, -0.25) is 9.59 Å². The van der Waals surface area contributed by atoms with E-state index in [4.69, 9.17) is 23.2 Å². The van der Waals surface area contributed by atoms with Gasteiger partial charge in [0, 0.05) is 17.3 Å². The van der Waals surface area contributed by atoms with E-state index < -0.39 is 34.4 Å². The van der Waals surface area contributed by atoms with E-state index >= 15 is 0 Å². The number of halogens is 2. The van der Waals surface area contributed by atoms with E-state index in [0.29, 0.717) is 0 Å². The molecule has 2 fully saturated rings. The molecule has 2 bridgehead atoms. The van der Waals surface area contributed by atoms with Crippen molar-refractivity contribution < 1.29 is 19.8 Å². The van der Waals surface area contributed by atoms with Gasteiger partial charge in [-0.25, -0.2) is 0 Å². The summed E-state index contributed by atoms with van der Waals surface area (Å²) in [6.45, 7) is 0. The zero-order valence-electron chi connectivity index (χ0n) is 14.4. The van der Waals surface area contributed by atoms with Crippen LogP contribution < -0.4 is 0 Å². The lowest BCUT2D eigenvalue weighted by Gasteiger charge is -2.65. The lowest BCUT2D eigenvalue weighted by Crippen LogP contribution is -2.74. The van der Waals surface area contributed by atoms with Crippen LogP contribution in [-0.2, 0) is 9.59 Å². The highest BCUT2D eigenvalue weighted by Crippen LogP contribution is 2.72. The number of allylic oxidation sites excluding steroid dienone is 2. The minimum absolute atomic E-state index is 0.214. The normalized spacial score (nSPS) is 49.2. The molecule has 140 valence electrons. The fraction of sp³-hybridized carbons (Fsp3) is 0.700. The third-order valence-electron chi connectivity index (χ3n) is 7.92. The smallest absolute Gasteiger partial charge is 0.188 e. The molecule has 0 aromatic carbocycles. The average Bonchev–Trinajstić information content (AvgIpc) is 3.26. The van der Waals surface area contributed by atoms with E-state index in [2.05, 4.69) is 0 Å². The highest BCUT2D eigenvalue weighted by Gasteiger charge is 2.76. The van der Waals surface area contributed by atoms with Gasteiger partial charge >= 0.3 is 0 Å². The van der Waals surface area contributed by atoms with E-state index in [0.717, 1.165) is 55.2 Å². The number of alkyl halides is 2. The standard InChI is InChI=1S/C20H22Cl2O4/c21-8-19(25)13(23)7-10-3-2-6-18(10)15-12-5-1-4-11(12)14(16(18)19)20(26,9-22)17(15)24/h7,14-16,25-26H,1-6,8-9H2/t14-,15-,16?,18?,19-,20+/m1/s1. The zero-order valence-corrected chi connectivity index (χ0v) is 15.9. The van der Waals surface area contributed by atoms with Gasteiger partial charge in [0.25, 0.3) is 0 Å². The van der Waals surface area contributed by atoms with E-state index in [1.807, 2.05) is 0 Å². The molecule has 6 heteroatoms. The second kappa shape index (κ2) is 5.22. The minimum Gasteiger partial charge on any atom is -0.380 e. The third kappa shape index (κ3) is 1.63. The molecular weight excluding hydrogens is 375 g/mol. The maximum atomic E-state index is 13.5. The molecule has 0 amide bonds. The van der Waals surface area contributed by atoms with Crippen LogP contribution in [0.1, 0.15) is 38.5 Å². The van der Waals surface area contributed by atoms with Gasteiger partial charge in [0.1, 0.15) is 11.2 Å². The first kappa shape index (κ1) is 17.4. The molecule has 4 nitrogen and oxygen atoms in total. The van der Waals surface area contributed by atoms with Crippen molar-refractivity contribution >= 4 is 34.8 Å². The first-order chi connectivity index (χ1) is 12.4. The fourth-order valence-corrected chi connectivity index (χ4v) is 7.71. The van der Waals surface area contributed by atoms with Crippen LogP contribution in [0.3, 0.4) is 0 Å². The highest BCUT2D eigenvalue weighted by atomic mass is 35.5. The van der Waals surface area contributed by atoms with Crippen molar-refractivity contribution in [2.75, 3.05) is 11.8 Å². The van der Waals surface area contributed by atoms with Crippen LogP contribution >= 0.6 is 23.2 Å². The molecule has 2 N–H and O–H groups in total. The molecule has 0 aromatic heterocycles. The maximum Gasteiger partial charge on any atom is 0.188 e. The molecule has 0 saturated heterocycles. The van der Waals surface area contributed by atoms with Gasteiger partial charge < -0.3 is 10.2 Å². The van der Waals surface area contributed by atoms with Crippen molar-refractivity contribution in [2.24, 2.45) is 23.2 Å². The first-order valence-electron chi connectivity index (χ1n) is 9.44. The quantitative estimate of drug-likeness (QED) is 0.555. The molecule has 0 radical (unpaired) electrons. The van der Waals surface area contributed by atoms with Crippen molar-refractivity contribution in [3.05, 3.63) is 22.8 Å². The van der Waals surface area contributed by atoms with Crippen molar-refractivity contribution in [1.29, 1.82) is 0 Å². The number of hydrogen-bond donors (Lipinski definition) is 2. The Balaban J connectivity index is 1.86. The van der Waals surface area contributed by atoms with E-state index in [-0.39, 0.29) is 23.3 Å². The number of carbonyl (C=O) groups is 2. The minimum atomic E-state index is -1.76. The summed E-state index contributed by atoms with van der Waals surface area (Å²) < 4.78 is 0. The van der Waals surface area contributed by atoms with Crippen LogP contribution in [0.25, 0.3) is 0 Å². The maximum absolute atomic E-state index is 13.5. The zero-order chi connectivity index (χ0) is 18.5. The average molecular weight is 397 g/mol. The summed E-state index contributed by atoms with van der Waals surface area (Å²) in [5.74, 6) is -2.73. The summed E-state index contributed by atoms with van der Waals surface area (Å²) in [5, 5.41) is 22.8. The summed E-state index contributed by atoms with van der Waals surface area (Å²) in [4.78, 5) is 26.3. The first-order valence-corrected chi connectivity index (χ1v) is 10.5. The van der Waals surface area contributed by atoms with E-state index in [1.54, 1.807) is 6.08 Å². The molecule has 6 rings (SSSR count). The Morgan fingerprint density at radius 2 is 1.69 bits per heavy atom. The van der Waals surface area contributed by atoms with Crippen LogP contribution in [0.15, 0.2) is 22.8 Å². The molecule has 1 spiro atoms. The number of fused-ring (bicyclic) bond motifs is 1. The molecule has 0 aromatic rings. The Hall–Kier alpha value is -0.680. The van der Waals surface area contributed by atoms with Gasteiger partial charge in [-0.2, -0.15) is 0 Å². The second-order valence-corrected chi connectivity index (χ2v) is 9.23. The van der Waals surface area contributed by atoms with Crippen molar-refractivity contribution in [3.8, 4) is 0 Å². The number of rotatable bonds is 2. The highest BCUT2D eigenvalue weighted by molar-refractivity contribution is 6.22. The van der Waals surface area contributed by atoms with Crippen LogP contribution in [0.5, 0.6) is 0 Å². The van der Waals surface area contributed by atoms with E-state index in [9.17, 15) is 19.8 Å². The van der Waals surface area contributed by atoms with Gasteiger partial charge in [0.2, 0.25) is 0 Å². The molecule has 26 heavy (non-hydrogen) atoms. The van der Waals surface area contributed by atoms with Gasteiger partial charge in [-0.15, -0.1) is 23.2 Å². The third-order valence-corrected chi connectivity index (χ3v) is 8.74. The van der Waals surface area contributed by atoms with E-state index in [1.165, 1.54) is 0 Å². The number of aliphatic hydroxyl groups is 2. The van der Waals surface area contributed by atoms with Crippen molar-refractivity contribution in [2.45, 2.75) is 49.7 Å². The summed E-state index contributed by atoms with van der Waals surface area (Å²) in [6, 6.07) is 0. The Morgan fingerprint density at radius 1 is 1.00 bits per heavy atom. The van der Waals surface area contributed by atoms with Gasteiger partial charge in [-0.05, 0) is 44.6 Å². The SMILES string of the molecule is O=C1C=C2CCCC23C([C@H]2C4=C(CCC4)[C@@H]3C(=O)[C@]2(O)CCl)[C@@]1(O)CCl. The topological polar surface area (TPSA) is 74.6 Å². The second-order valence-electron chi connectivity index (χ2n) is 8.70. The van der Waals surface area contributed by atoms with Gasteiger partial charge in [-0.1, -0.05) is 16.7 Å². The number of hydrogen-bond acceptors (Lipinski definition) is 4. The van der Waals surface area contributed by atoms with Gasteiger partial charge in [0.15, 0.2) is 11.6 Å². The summed E-state index contributed by atoms with van der Waals surface area (Å²) in [7, 11) is 0. The summed E-state index contributed by atoms with van der Waals surface area (Å²) >= 11 is 12.3. The molecule has 6 aliphatic rings. The Labute approximate surface area is 162 Å². The van der Waals surface area contributed by atoms with Gasteiger partial charge in [0.05, 0.1) is 17.7 Å². The fourth-order valence-electron chi connectivity index (χ4n) is 7.12. The van der Waals surface area contributed by atoms with Crippen LogP contribution in [-0.4, -0.2) is 44.7 Å². The van der Waals surface area contributed by atoms with Crippen molar-refractivity contribution in [1.82, 2.24) is 0 Å². The predicted molar refractivity (Wildman–Crippen MR) is 97.1 cm³/mol. The lowest BCUT2D eigenvalue weighted by molar-refractivity contribution is -0.193. The molecule has 0 aliphatic heterocycles. The Morgan fingerprint density at radius 3 is 2.38 bits per heavy atom. The Bertz CT molecular complexity index is 802. The molecule has 2 unspecified atom stereocenters. The largest absolute Gasteiger partial charge is 0.380 e. The number of ketones is 2. The summed E-state index contributed by atoms with van der Waals surface area (Å²) in [6.07, 6.45) is 6.54. The molecule has 6 aliphatic carbocycles. The Kier molecular flexibility index (Phi) is 3.50. The van der Waals surface area contributed by atoms with Crippen LogP contribution in [0.2, 0.25) is 0 Å². The number of Topliss-reactive ketones (excluding diaryl/α,β-unsaturated/α-hetero) is 1. The monoisotopic (exact) mass is 396 g/mol. The van der Waals surface area contributed by atoms with Crippen LogP contribution in [0, 0.1) is 23.2 Å². The molecule has 6 atom stereocenters.